The van der Waals surface area contributed by atoms with Crippen molar-refractivity contribution >= 4 is 38.1 Å². The predicted octanol–water partition coefficient (Wildman–Crippen LogP) is 0.984. The standard InChI is InChI=1S/C11H15ClN2O3S2/c1-8-6-9(12)11(7-10(8)13)19(16,17)14-2-4-18(15)5-3-14/h6-7H,2-5,13H2,1H3. The lowest BCUT2D eigenvalue weighted by atomic mass is 10.2. The van der Waals surface area contributed by atoms with E-state index in [0.29, 0.717) is 17.2 Å². The number of hydrogen-bond donors (Lipinski definition) is 1. The Kier molecular flexibility index (Phi) is 4.20. The first-order valence-corrected chi connectivity index (χ1v) is 9.03. The second-order valence-corrected chi connectivity index (χ2v) is 8.40. The molecular weight excluding hydrogens is 308 g/mol. The van der Waals surface area contributed by atoms with Crippen LogP contribution in [0.15, 0.2) is 17.0 Å². The van der Waals surface area contributed by atoms with E-state index < -0.39 is 20.8 Å². The molecule has 8 heteroatoms. The molecule has 1 aliphatic heterocycles. The van der Waals surface area contributed by atoms with Crippen LogP contribution < -0.4 is 5.73 Å². The highest BCUT2D eigenvalue weighted by molar-refractivity contribution is 7.89. The molecule has 1 fully saturated rings. The van der Waals surface area contributed by atoms with Crippen LogP contribution in [-0.4, -0.2) is 41.5 Å². The van der Waals surface area contributed by atoms with Crippen LogP contribution in [0.2, 0.25) is 5.02 Å². The zero-order chi connectivity index (χ0) is 14.2. The smallest absolute Gasteiger partial charge is 0.244 e. The largest absolute Gasteiger partial charge is 0.398 e. The normalized spacial score (nSPS) is 18.6. The van der Waals surface area contributed by atoms with E-state index in [0.717, 1.165) is 5.56 Å². The maximum absolute atomic E-state index is 12.5. The molecule has 0 spiro atoms. The third-order valence-corrected chi connectivity index (χ3v) is 6.71. The Bertz CT molecular complexity index is 621. The van der Waals surface area contributed by atoms with Gasteiger partial charge < -0.3 is 5.73 Å². The summed E-state index contributed by atoms with van der Waals surface area (Å²) in [5.74, 6) is 0.719. The molecule has 19 heavy (non-hydrogen) atoms. The quantitative estimate of drug-likeness (QED) is 0.823. The first kappa shape index (κ1) is 14.8. The third-order valence-electron chi connectivity index (χ3n) is 3.08. The lowest BCUT2D eigenvalue weighted by Gasteiger charge is -2.26. The second-order valence-electron chi connectivity index (χ2n) is 4.39. The fourth-order valence-corrected chi connectivity index (χ4v) is 5.18. The molecule has 2 rings (SSSR count). The SMILES string of the molecule is Cc1cc(Cl)c(S(=O)(=O)N2CCS(=O)CC2)cc1N. The molecular formula is C11H15ClN2O3S2. The molecule has 0 aromatic heterocycles. The van der Waals surface area contributed by atoms with E-state index in [2.05, 4.69) is 0 Å². The molecule has 0 radical (unpaired) electrons. The fraction of sp³-hybridized carbons (Fsp3) is 0.455. The molecule has 1 saturated heterocycles. The summed E-state index contributed by atoms with van der Waals surface area (Å²) in [6.07, 6.45) is 0. The van der Waals surface area contributed by atoms with Crippen molar-refractivity contribution in [2.24, 2.45) is 0 Å². The molecule has 5 nitrogen and oxygen atoms in total. The lowest BCUT2D eigenvalue weighted by Crippen LogP contribution is -2.41. The molecule has 1 aliphatic rings. The van der Waals surface area contributed by atoms with Gasteiger partial charge >= 0.3 is 0 Å². The first-order valence-electron chi connectivity index (χ1n) is 5.73. The van der Waals surface area contributed by atoms with E-state index in [9.17, 15) is 12.6 Å². The van der Waals surface area contributed by atoms with Gasteiger partial charge in [0.15, 0.2) is 0 Å². The van der Waals surface area contributed by atoms with E-state index >= 15 is 0 Å². The number of rotatable bonds is 2. The molecule has 0 atom stereocenters. The molecule has 1 heterocycles. The Morgan fingerprint density at radius 2 is 1.89 bits per heavy atom. The molecule has 1 aromatic carbocycles. The summed E-state index contributed by atoms with van der Waals surface area (Å²) in [6.45, 7) is 2.26. The fourth-order valence-electron chi connectivity index (χ4n) is 1.87. The van der Waals surface area contributed by atoms with E-state index in [1.54, 1.807) is 13.0 Å². The summed E-state index contributed by atoms with van der Waals surface area (Å²) in [6, 6.07) is 2.93. The van der Waals surface area contributed by atoms with Gasteiger partial charge in [0.25, 0.3) is 0 Å². The number of benzene rings is 1. The van der Waals surface area contributed by atoms with Gasteiger partial charge in [-0.15, -0.1) is 0 Å². The van der Waals surface area contributed by atoms with Crippen molar-refractivity contribution in [3.05, 3.63) is 22.7 Å². The van der Waals surface area contributed by atoms with Crippen molar-refractivity contribution in [1.29, 1.82) is 0 Å². The van der Waals surface area contributed by atoms with E-state index in [4.69, 9.17) is 17.3 Å². The van der Waals surface area contributed by atoms with Gasteiger partial charge in [-0.25, -0.2) is 8.42 Å². The first-order chi connectivity index (χ1) is 8.82. The van der Waals surface area contributed by atoms with Crippen LogP contribution in [0.5, 0.6) is 0 Å². The zero-order valence-corrected chi connectivity index (χ0v) is 12.8. The number of nitrogen functional groups attached to an aromatic ring is 1. The summed E-state index contributed by atoms with van der Waals surface area (Å²) >= 11 is 6.01. The van der Waals surface area contributed by atoms with Crippen LogP contribution in [-0.2, 0) is 20.8 Å². The number of halogens is 1. The summed E-state index contributed by atoms with van der Waals surface area (Å²) in [4.78, 5) is 0.0185. The van der Waals surface area contributed by atoms with Crippen molar-refractivity contribution in [1.82, 2.24) is 4.31 Å². The van der Waals surface area contributed by atoms with Gasteiger partial charge in [0.1, 0.15) is 4.90 Å². The predicted molar refractivity (Wildman–Crippen MR) is 77.2 cm³/mol. The second kappa shape index (κ2) is 5.40. The minimum absolute atomic E-state index is 0.0185. The number of nitrogens with zero attached hydrogens (tertiary/aromatic N) is 1. The zero-order valence-electron chi connectivity index (χ0n) is 10.4. The molecule has 0 aliphatic carbocycles. The van der Waals surface area contributed by atoms with Crippen molar-refractivity contribution in [2.45, 2.75) is 11.8 Å². The third kappa shape index (κ3) is 2.94. The van der Waals surface area contributed by atoms with Crippen molar-refractivity contribution in [2.75, 3.05) is 30.3 Å². The summed E-state index contributed by atoms with van der Waals surface area (Å²) < 4.78 is 37.5. The van der Waals surface area contributed by atoms with Crippen molar-refractivity contribution in [3.8, 4) is 0 Å². The van der Waals surface area contributed by atoms with Gasteiger partial charge in [-0.2, -0.15) is 4.31 Å². The number of anilines is 1. The van der Waals surface area contributed by atoms with Crippen LogP contribution in [0.25, 0.3) is 0 Å². The topological polar surface area (TPSA) is 80.5 Å². The monoisotopic (exact) mass is 322 g/mol. The Morgan fingerprint density at radius 1 is 1.32 bits per heavy atom. The molecule has 0 bridgehead atoms. The van der Waals surface area contributed by atoms with E-state index in [1.807, 2.05) is 0 Å². The summed E-state index contributed by atoms with van der Waals surface area (Å²) in [7, 11) is -4.60. The highest BCUT2D eigenvalue weighted by atomic mass is 35.5. The highest BCUT2D eigenvalue weighted by Crippen LogP contribution is 2.29. The maximum Gasteiger partial charge on any atom is 0.244 e. The Labute approximate surface area is 120 Å². The van der Waals surface area contributed by atoms with Gasteiger partial charge in [0.2, 0.25) is 10.0 Å². The van der Waals surface area contributed by atoms with Crippen molar-refractivity contribution < 1.29 is 12.6 Å². The minimum Gasteiger partial charge on any atom is -0.398 e. The van der Waals surface area contributed by atoms with Crippen LogP contribution >= 0.6 is 11.6 Å². The van der Waals surface area contributed by atoms with Gasteiger partial charge in [0.05, 0.1) is 5.02 Å². The molecule has 0 saturated carbocycles. The number of sulfonamides is 1. The van der Waals surface area contributed by atoms with Crippen LogP contribution in [0.3, 0.4) is 0 Å². The van der Waals surface area contributed by atoms with Gasteiger partial charge in [0, 0.05) is 41.1 Å². The van der Waals surface area contributed by atoms with Crippen molar-refractivity contribution in [3.63, 3.8) is 0 Å². The van der Waals surface area contributed by atoms with Crippen LogP contribution in [0.4, 0.5) is 5.69 Å². The van der Waals surface area contributed by atoms with Gasteiger partial charge in [-0.3, -0.25) is 4.21 Å². The lowest BCUT2D eigenvalue weighted by molar-refractivity contribution is 0.439. The molecule has 0 amide bonds. The van der Waals surface area contributed by atoms with Crippen LogP contribution in [0, 0.1) is 6.92 Å². The van der Waals surface area contributed by atoms with Crippen LogP contribution in [0.1, 0.15) is 5.56 Å². The Balaban J connectivity index is 2.40. The number of hydrogen-bond acceptors (Lipinski definition) is 4. The van der Waals surface area contributed by atoms with Gasteiger partial charge in [-0.05, 0) is 24.6 Å². The summed E-state index contributed by atoms with van der Waals surface area (Å²) in [5.41, 5.74) is 6.88. The average molecular weight is 323 g/mol. The average Bonchev–Trinajstić information content (AvgIpc) is 2.34. The van der Waals surface area contributed by atoms with E-state index in [-0.39, 0.29) is 23.0 Å². The number of aryl methyl sites for hydroxylation is 1. The minimum atomic E-state index is -3.67. The number of nitrogens with two attached hydrogens (primary N) is 1. The summed E-state index contributed by atoms with van der Waals surface area (Å²) in [5, 5.41) is 0.165. The maximum atomic E-state index is 12.5. The van der Waals surface area contributed by atoms with E-state index in [1.165, 1.54) is 10.4 Å². The molecule has 0 unspecified atom stereocenters. The molecule has 106 valence electrons. The Hall–Kier alpha value is -0.630. The molecule has 2 N–H and O–H groups in total. The Morgan fingerprint density at radius 3 is 2.47 bits per heavy atom. The van der Waals surface area contributed by atoms with Gasteiger partial charge in [-0.1, -0.05) is 11.6 Å². The highest BCUT2D eigenvalue weighted by Gasteiger charge is 2.30. The molecule has 1 aromatic rings.